The Morgan fingerprint density at radius 2 is 1.80 bits per heavy atom. The molecule has 2 atom stereocenters. The van der Waals surface area contributed by atoms with Gasteiger partial charge in [0.25, 0.3) is 0 Å². The van der Waals surface area contributed by atoms with Crippen LogP contribution >= 0.6 is 0 Å². The number of carbonyl (C=O) groups is 1. The van der Waals surface area contributed by atoms with E-state index in [0.29, 0.717) is 25.9 Å². The average Bonchev–Trinajstić information content (AvgIpc) is 2.63. The van der Waals surface area contributed by atoms with E-state index in [-0.39, 0.29) is 0 Å². The van der Waals surface area contributed by atoms with Crippen LogP contribution in [0.3, 0.4) is 0 Å². The number of aliphatic carboxylic acids is 1. The summed E-state index contributed by atoms with van der Waals surface area (Å²) in [6.07, 6.45) is -0.00739. The lowest BCUT2D eigenvalue weighted by atomic mass is 9.71. The third kappa shape index (κ3) is 4.39. The smallest absolute Gasteiger partial charge is 0.312 e. The number of morpholine rings is 1. The number of benzene rings is 1. The van der Waals surface area contributed by atoms with Crippen molar-refractivity contribution in [2.45, 2.75) is 18.9 Å². The third-order valence-corrected chi connectivity index (χ3v) is 5.57. The fourth-order valence-corrected chi connectivity index (χ4v) is 3.84. The molecule has 0 aromatic heterocycles. The molecule has 1 aromatic rings. The standard InChI is InChI=1S/C19H28N2O4/c22-17-15-21(9-8-20-10-12-25-13-11-20)7-6-19(17,18(23)24)14-16-4-2-1-3-5-16/h1-5,17,22H,6-15H2,(H,23,24)/t17-,19+/m0/s1. The summed E-state index contributed by atoms with van der Waals surface area (Å²) in [6.45, 7) is 6.38. The number of rotatable bonds is 6. The number of hydrogen-bond donors (Lipinski definition) is 2. The third-order valence-electron chi connectivity index (χ3n) is 5.57. The van der Waals surface area contributed by atoms with E-state index in [1.165, 1.54) is 0 Å². The van der Waals surface area contributed by atoms with E-state index in [9.17, 15) is 15.0 Å². The van der Waals surface area contributed by atoms with Crippen LogP contribution in [0, 0.1) is 5.41 Å². The summed E-state index contributed by atoms with van der Waals surface area (Å²) in [5.41, 5.74) is -0.123. The molecule has 2 N–H and O–H groups in total. The highest BCUT2D eigenvalue weighted by molar-refractivity contribution is 5.76. The Hall–Kier alpha value is -1.47. The molecule has 0 saturated carbocycles. The Morgan fingerprint density at radius 1 is 1.12 bits per heavy atom. The van der Waals surface area contributed by atoms with Gasteiger partial charge in [-0.3, -0.25) is 14.6 Å². The summed E-state index contributed by atoms with van der Waals surface area (Å²) in [7, 11) is 0. The van der Waals surface area contributed by atoms with Crippen molar-refractivity contribution in [3.63, 3.8) is 0 Å². The minimum Gasteiger partial charge on any atom is -0.481 e. The Bertz CT molecular complexity index is 562. The predicted octanol–water partition coefficient (Wildman–Crippen LogP) is 0.699. The van der Waals surface area contributed by atoms with Crippen LogP contribution in [0.15, 0.2) is 30.3 Å². The van der Waals surface area contributed by atoms with E-state index in [1.54, 1.807) is 0 Å². The normalized spacial score (nSPS) is 28.8. The molecule has 6 nitrogen and oxygen atoms in total. The highest BCUT2D eigenvalue weighted by Gasteiger charge is 2.48. The summed E-state index contributed by atoms with van der Waals surface area (Å²) >= 11 is 0. The maximum absolute atomic E-state index is 12.0. The van der Waals surface area contributed by atoms with Gasteiger partial charge in [-0.2, -0.15) is 0 Å². The summed E-state index contributed by atoms with van der Waals surface area (Å²) in [5.74, 6) is -0.892. The van der Waals surface area contributed by atoms with Crippen LogP contribution in [0.4, 0.5) is 0 Å². The number of aliphatic hydroxyl groups excluding tert-OH is 1. The van der Waals surface area contributed by atoms with Crippen LogP contribution in [0.2, 0.25) is 0 Å². The summed E-state index contributed by atoms with van der Waals surface area (Å²) in [6, 6.07) is 9.61. The maximum atomic E-state index is 12.0. The first-order chi connectivity index (χ1) is 12.1. The number of aliphatic hydroxyl groups is 1. The first kappa shape index (κ1) is 18.3. The summed E-state index contributed by atoms with van der Waals surface area (Å²) in [4.78, 5) is 16.5. The molecule has 138 valence electrons. The minimum atomic E-state index is -1.09. The molecule has 0 bridgehead atoms. The van der Waals surface area contributed by atoms with Crippen molar-refractivity contribution in [2.75, 3.05) is 52.5 Å². The molecule has 2 aliphatic heterocycles. The largest absolute Gasteiger partial charge is 0.481 e. The van der Waals surface area contributed by atoms with Crippen molar-refractivity contribution in [1.82, 2.24) is 9.80 Å². The molecule has 0 amide bonds. The lowest BCUT2D eigenvalue weighted by Crippen LogP contribution is -2.56. The lowest BCUT2D eigenvalue weighted by Gasteiger charge is -2.43. The number of carboxylic acids is 1. The lowest BCUT2D eigenvalue weighted by molar-refractivity contribution is -0.162. The van der Waals surface area contributed by atoms with Crippen LogP contribution in [0.5, 0.6) is 0 Å². The Kier molecular flexibility index (Phi) is 6.06. The Balaban J connectivity index is 1.59. The van der Waals surface area contributed by atoms with Crippen LogP contribution in [-0.2, 0) is 16.0 Å². The summed E-state index contributed by atoms with van der Waals surface area (Å²) < 4.78 is 5.36. The molecular formula is C19H28N2O4. The number of β-amino-alcohol motifs (C(OH)–C–C–N with tert-alkyl or cyclic N) is 1. The van der Waals surface area contributed by atoms with Gasteiger partial charge >= 0.3 is 5.97 Å². The van der Waals surface area contributed by atoms with Crippen molar-refractivity contribution in [1.29, 1.82) is 0 Å². The van der Waals surface area contributed by atoms with Crippen LogP contribution in [0.25, 0.3) is 0 Å². The minimum absolute atomic E-state index is 0.377. The van der Waals surface area contributed by atoms with Crippen LogP contribution < -0.4 is 0 Å². The van der Waals surface area contributed by atoms with E-state index in [1.807, 2.05) is 30.3 Å². The van der Waals surface area contributed by atoms with Gasteiger partial charge in [-0.15, -0.1) is 0 Å². The molecular weight excluding hydrogens is 320 g/mol. The molecule has 3 rings (SSSR count). The molecule has 0 unspecified atom stereocenters. The second kappa shape index (κ2) is 8.27. The van der Waals surface area contributed by atoms with E-state index in [4.69, 9.17) is 4.74 Å². The van der Waals surface area contributed by atoms with Gasteiger partial charge in [0.1, 0.15) is 5.41 Å². The zero-order chi connectivity index (χ0) is 17.7. The van der Waals surface area contributed by atoms with Gasteiger partial charge in [0.2, 0.25) is 0 Å². The number of nitrogens with zero attached hydrogens (tertiary/aromatic N) is 2. The molecule has 0 aliphatic carbocycles. The van der Waals surface area contributed by atoms with Gasteiger partial charge in [-0.1, -0.05) is 30.3 Å². The first-order valence-corrected chi connectivity index (χ1v) is 9.08. The van der Waals surface area contributed by atoms with E-state index in [0.717, 1.165) is 45.0 Å². The van der Waals surface area contributed by atoms with Crippen molar-refractivity contribution in [3.8, 4) is 0 Å². The zero-order valence-electron chi connectivity index (χ0n) is 14.6. The maximum Gasteiger partial charge on any atom is 0.312 e. The molecule has 0 radical (unpaired) electrons. The van der Waals surface area contributed by atoms with Gasteiger partial charge in [-0.05, 0) is 24.9 Å². The number of likely N-dealkylation sites (tertiary alicyclic amines) is 1. The number of piperidine rings is 1. The molecule has 1 aromatic carbocycles. The predicted molar refractivity (Wildman–Crippen MR) is 94.5 cm³/mol. The van der Waals surface area contributed by atoms with Crippen LogP contribution in [0.1, 0.15) is 12.0 Å². The van der Waals surface area contributed by atoms with Crippen LogP contribution in [-0.4, -0.2) is 84.6 Å². The quantitative estimate of drug-likeness (QED) is 0.788. The fourth-order valence-electron chi connectivity index (χ4n) is 3.84. The molecule has 2 saturated heterocycles. The molecule has 2 aliphatic rings. The molecule has 0 spiro atoms. The second-order valence-corrected chi connectivity index (χ2v) is 7.14. The van der Waals surface area contributed by atoms with Gasteiger partial charge in [-0.25, -0.2) is 0 Å². The molecule has 2 fully saturated rings. The fraction of sp³-hybridized carbons (Fsp3) is 0.632. The zero-order valence-corrected chi connectivity index (χ0v) is 14.6. The van der Waals surface area contributed by atoms with Gasteiger partial charge < -0.3 is 14.9 Å². The highest BCUT2D eigenvalue weighted by Crippen LogP contribution is 2.36. The van der Waals surface area contributed by atoms with Crippen molar-refractivity contribution < 1.29 is 19.7 Å². The Labute approximate surface area is 149 Å². The van der Waals surface area contributed by atoms with E-state index >= 15 is 0 Å². The van der Waals surface area contributed by atoms with Crippen molar-refractivity contribution >= 4 is 5.97 Å². The summed E-state index contributed by atoms with van der Waals surface area (Å²) in [5, 5.41) is 20.5. The molecule has 2 heterocycles. The number of ether oxygens (including phenoxy) is 1. The van der Waals surface area contributed by atoms with E-state index in [2.05, 4.69) is 9.80 Å². The molecule has 25 heavy (non-hydrogen) atoms. The second-order valence-electron chi connectivity index (χ2n) is 7.14. The SMILES string of the molecule is O=C(O)[C@@]1(Cc2ccccc2)CCN(CCN2CCOCC2)C[C@@H]1O. The van der Waals surface area contributed by atoms with Gasteiger partial charge in [0, 0.05) is 32.7 Å². The molecule has 6 heteroatoms. The Morgan fingerprint density at radius 3 is 2.44 bits per heavy atom. The van der Waals surface area contributed by atoms with Crippen molar-refractivity contribution in [2.24, 2.45) is 5.41 Å². The van der Waals surface area contributed by atoms with E-state index < -0.39 is 17.5 Å². The topological polar surface area (TPSA) is 73.2 Å². The number of carboxylic acid groups (broad SMARTS) is 1. The van der Waals surface area contributed by atoms with Gasteiger partial charge in [0.15, 0.2) is 0 Å². The average molecular weight is 348 g/mol. The van der Waals surface area contributed by atoms with Gasteiger partial charge in [0.05, 0.1) is 19.3 Å². The first-order valence-electron chi connectivity index (χ1n) is 9.08. The highest BCUT2D eigenvalue weighted by atomic mass is 16.5. The van der Waals surface area contributed by atoms with Crippen molar-refractivity contribution in [3.05, 3.63) is 35.9 Å². The monoisotopic (exact) mass is 348 g/mol. The number of hydrogen-bond acceptors (Lipinski definition) is 5.